The molecule has 6 nitrogen and oxygen atoms in total. The summed E-state index contributed by atoms with van der Waals surface area (Å²) in [5, 5.41) is 0.695. The van der Waals surface area contributed by atoms with E-state index in [1.54, 1.807) is 0 Å². The van der Waals surface area contributed by atoms with E-state index in [4.69, 9.17) is 25.8 Å². The first-order chi connectivity index (χ1) is 20.9. The Bertz CT molecular complexity index is 1390. The van der Waals surface area contributed by atoms with Crippen molar-refractivity contribution in [3.63, 3.8) is 0 Å². The van der Waals surface area contributed by atoms with Crippen LogP contribution >= 0.6 is 11.6 Å². The van der Waals surface area contributed by atoms with E-state index in [1.165, 1.54) is 5.56 Å². The molecule has 3 aliphatic rings. The molecule has 0 N–H and O–H groups in total. The van der Waals surface area contributed by atoms with Crippen molar-refractivity contribution in [3.8, 4) is 16.9 Å². The maximum absolute atomic E-state index is 13.9. The Labute approximate surface area is 260 Å². The van der Waals surface area contributed by atoms with Gasteiger partial charge in [0, 0.05) is 49.2 Å². The zero-order chi connectivity index (χ0) is 29.8. The highest BCUT2D eigenvalue weighted by molar-refractivity contribution is 6.31. The van der Waals surface area contributed by atoms with Crippen molar-refractivity contribution in [1.82, 2.24) is 9.80 Å². The Morgan fingerprint density at radius 2 is 1.74 bits per heavy atom. The molecular weight excluding hydrogens is 560 g/mol. The summed E-state index contributed by atoms with van der Waals surface area (Å²) in [6.45, 7) is 9.92. The van der Waals surface area contributed by atoms with Gasteiger partial charge in [-0.1, -0.05) is 66.2 Å². The van der Waals surface area contributed by atoms with E-state index in [1.807, 2.05) is 35.2 Å². The highest BCUT2D eigenvalue weighted by Crippen LogP contribution is 2.51. The fourth-order valence-corrected chi connectivity index (χ4v) is 7.03. The normalized spacial score (nSPS) is 23.1. The molecule has 2 saturated heterocycles. The van der Waals surface area contributed by atoms with Crippen LogP contribution in [0.2, 0.25) is 5.02 Å². The molecule has 0 saturated carbocycles. The third-order valence-electron chi connectivity index (χ3n) is 9.27. The first-order valence-corrected chi connectivity index (χ1v) is 16.1. The van der Waals surface area contributed by atoms with Crippen LogP contribution in [0.1, 0.15) is 56.8 Å². The molecular formula is C36H43ClN2O4. The van der Waals surface area contributed by atoms with Crippen LogP contribution in [-0.2, 0) is 20.8 Å². The Morgan fingerprint density at radius 1 is 0.977 bits per heavy atom. The molecule has 43 heavy (non-hydrogen) atoms. The molecule has 3 aliphatic heterocycles. The van der Waals surface area contributed by atoms with Crippen molar-refractivity contribution in [2.45, 2.75) is 63.9 Å². The lowest BCUT2D eigenvalue weighted by molar-refractivity contribution is -0.160. The highest BCUT2D eigenvalue weighted by Gasteiger charge is 2.48. The molecule has 3 aromatic carbocycles. The number of ether oxygens (including phenoxy) is 3. The maximum atomic E-state index is 13.9. The Morgan fingerprint density at radius 3 is 2.53 bits per heavy atom. The quantitative estimate of drug-likeness (QED) is 0.260. The second-order valence-corrected chi connectivity index (χ2v) is 13.0. The minimum atomic E-state index is -0.351. The summed E-state index contributed by atoms with van der Waals surface area (Å²) >= 11 is 6.53. The van der Waals surface area contributed by atoms with Gasteiger partial charge in [-0.15, -0.1) is 0 Å². The topological polar surface area (TPSA) is 51.2 Å². The number of carbonyl (C=O) groups is 1. The average Bonchev–Trinajstić information content (AvgIpc) is 3.02. The first kappa shape index (κ1) is 30.1. The van der Waals surface area contributed by atoms with Gasteiger partial charge in [-0.2, -0.15) is 0 Å². The third kappa shape index (κ3) is 7.09. The van der Waals surface area contributed by atoms with E-state index in [9.17, 15) is 4.79 Å². The number of carbonyl (C=O) groups excluding carboxylic acids is 1. The number of halogens is 1. The van der Waals surface area contributed by atoms with Crippen molar-refractivity contribution < 1.29 is 19.0 Å². The maximum Gasteiger partial charge on any atom is 0.225 e. The SMILES string of the molecule is CC1(C)Oc2ccc(-c3ccccc3)cc2[C@@H]2O[C@H](CC(=O)N(CCCN3CCOCC3)Cc3ccccc3Cl)CC[C@H]21. The van der Waals surface area contributed by atoms with Gasteiger partial charge < -0.3 is 19.1 Å². The number of fused-ring (bicyclic) bond motifs is 3. The molecule has 2 fully saturated rings. The van der Waals surface area contributed by atoms with Crippen LogP contribution in [0.25, 0.3) is 11.1 Å². The molecule has 6 rings (SSSR count). The predicted molar refractivity (Wildman–Crippen MR) is 170 cm³/mol. The average molecular weight is 603 g/mol. The lowest BCUT2D eigenvalue weighted by Gasteiger charge is -2.49. The number of rotatable bonds is 9. The van der Waals surface area contributed by atoms with Gasteiger partial charge in [-0.25, -0.2) is 0 Å². The number of benzene rings is 3. The number of hydrogen-bond acceptors (Lipinski definition) is 5. The standard InChI is InChI=1S/C36H43ClN2O4/c1-36(2)31-15-14-29(42-35(31)30-23-27(13-16-33(30)43-36)26-9-4-3-5-10-26)24-34(40)39(25-28-11-6-7-12-32(28)37)18-8-17-38-19-21-41-22-20-38/h3-7,9-13,16,23,29,31,35H,8,14-15,17-22,24-25H2,1-2H3/t29-,31+,35-/m0/s1. The zero-order valence-electron chi connectivity index (χ0n) is 25.3. The highest BCUT2D eigenvalue weighted by atomic mass is 35.5. The van der Waals surface area contributed by atoms with Crippen LogP contribution in [0, 0.1) is 5.92 Å². The summed E-state index contributed by atoms with van der Waals surface area (Å²) in [6.07, 6.45) is 2.79. The van der Waals surface area contributed by atoms with Gasteiger partial charge in [0.05, 0.1) is 31.8 Å². The van der Waals surface area contributed by atoms with E-state index in [2.05, 4.69) is 61.2 Å². The molecule has 3 aromatic rings. The molecule has 0 radical (unpaired) electrons. The smallest absolute Gasteiger partial charge is 0.225 e. The Balaban J connectivity index is 1.18. The molecule has 0 aromatic heterocycles. The number of amides is 1. The van der Waals surface area contributed by atoms with Gasteiger partial charge in [0.25, 0.3) is 0 Å². The molecule has 7 heteroatoms. The predicted octanol–water partition coefficient (Wildman–Crippen LogP) is 7.16. The Hall–Kier alpha value is -2.90. The summed E-state index contributed by atoms with van der Waals surface area (Å²) < 4.78 is 18.9. The van der Waals surface area contributed by atoms with Crippen LogP contribution in [0.4, 0.5) is 0 Å². The van der Waals surface area contributed by atoms with Gasteiger partial charge in [0.1, 0.15) is 11.4 Å². The van der Waals surface area contributed by atoms with Gasteiger partial charge in [-0.05, 0) is 68.0 Å². The third-order valence-corrected chi connectivity index (χ3v) is 9.64. The fourth-order valence-electron chi connectivity index (χ4n) is 6.83. The van der Waals surface area contributed by atoms with Gasteiger partial charge >= 0.3 is 0 Å². The molecule has 0 spiro atoms. The number of nitrogens with zero attached hydrogens (tertiary/aromatic N) is 2. The van der Waals surface area contributed by atoms with Crippen molar-refractivity contribution in [3.05, 3.63) is 88.9 Å². The van der Waals surface area contributed by atoms with Crippen molar-refractivity contribution in [2.24, 2.45) is 5.92 Å². The van der Waals surface area contributed by atoms with E-state index in [-0.39, 0.29) is 29.6 Å². The van der Waals surface area contributed by atoms with E-state index < -0.39 is 0 Å². The van der Waals surface area contributed by atoms with Gasteiger partial charge in [0.2, 0.25) is 5.91 Å². The van der Waals surface area contributed by atoms with Crippen LogP contribution in [0.15, 0.2) is 72.8 Å². The molecule has 228 valence electrons. The van der Waals surface area contributed by atoms with E-state index >= 15 is 0 Å². The first-order valence-electron chi connectivity index (χ1n) is 15.7. The van der Waals surface area contributed by atoms with Crippen LogP contribution in [0.3, 0.4) is 0 Å². The molecule has 3 atom stereocenters. The molecule has 0 bridgehead atoms. The summed E-state index contributed by atoms with van der Waals surface area (Å²) in [5.41, 5.74) is 4.02. The molecule has 3 heterocycles. The van der Waals surface area contributed by atoms with Crippen molar-refractivity contribution in [1.29, 1.82) is 0 Å². The molecule has 1 amide bonds. The second kappa shape index (κ2) is 13.4. The second-order valence-electron chi connectivity index (χ2n) is 12.6. The number of morpholine rings is 1. The van der Waals surface area contributed by atoms with E-state index in [0.29, 0.717) is 24.5 Å². The van der Waals surface area contributed by atoms with E-state index in [0.717, 1.165) is 74.6 Å². The zero-order valence-corrected chi connectivity index (χ0v) is 26.1. The largest absolute Gasteiger partial charge is 0.487 e. The minimum absolute atomic E-state index is 0.118. The van der Waals surface area contributed by atoms with Crippen molar-refractivity contribution >= 4 is 17.5 Å². The lowest BCUT2D eigenvalue weighted by atomic mass is 9.74. The van der Waals surface area contributed by atoms with Crippen LogP contribution in [0.5, 0.6) is 5.75 Å². The summed E-state index contributed by atoms with van der Waals surface area (Å²) in [7, 11) is 0. The minimum Gasteiger partial charge on any atom is -0.487 e. The molecule has 0 aliphatic carbocycles. The monoisotopic (exact) mass is 602 g/mol. The van der Waals surface area contributed by atoms with Gasteiger partial charge in [-0.3, -0.25) is 9.69 Å². The summed E-state index contributed by atoms with van der Waals surface area (Å²) in [5.74, 6) is 1.21. The van der Waals surface area contributed by atoms with Crippen LogP contribution < -0.4 is 4.74 Å². The fraction of sp³-hybridized carbons (Fsp3) is 0.472. The van der Waals surface area contributed by atoms with Gasteiger partial charge in [0.15, 0.2) is 0 Å². The Kier molecular flexibility index (Phi) is 9.39. The summed E-state index contributed by atoms with van der Waals surface area (Å²) in [4.78, 5) is 18.3. The lowest BCUT2D eigenvalue weighted by Crippen LogP contribution is -2.49. The molecule has 0 unspecified atom stereocenters. The summed E-state index contributed by atoms with van der Waals surface area (Å²) in [6, 6.07) is 24.6. The van der Waals surface area contributed by atoms with Crippen LogP contribution in [-0.4, -0.2) is 66.8 Å². The van der Waals surface area contributed by atoms with Crippen molar-refractivity contribution in [2.75, 3.05) is 39.4 Å². The number of hydrogen-bond donors (Lipinski definition) is 0.